The number of hydrogen-bond acceptors (Lipinski definition) is 6. The zero-order valence-electron chi connectivity index (χ0n) is 48.6. The highest BCUT2D eigenvalue weighted by Crippen LogP contribution is 2.17. The van der Waals surface area contributed by atoms with E-state index in [1.807, 2.05) is 0 Å². The summed E-state index contributed by atoms with van der Waals surface area (Å²) < 4.78 is 16.7. The van der Waals surface area contributed by atoms with Crippen molar-refractivity contribution < 1.29 is 28.6 Å². The van der Waals surface area contributed by atoms with Crippen LogP contribution < -0.4 is 0 Å². The molecule has 0 rings (SSSR count). The van der Waals surface area contributed by atoms with Crippen LogP contribution in [-0.4, -0.2) is 37.2 Å². The van der Waals surface area contributed by atoms with Gasteiger partial charge in [-0.05, 0) is 83.5 Å². The molecule has 0 bridgehead atoms. The Morgan fingerprint density at radius 3 is 0.824 bits per heavy atom. The quantitative estimate of drug-likeness (QED) is 0.0261. The number of esters is 3. The molecule has 0 fully saturated rings. The third kappa shape index (κ3) is 59.2. The molecule has 0 aromatic heterocycles. The molecule has 1 atom stereocenters. The Bertz CT molecular complexity index is 1460. The van der Waals surface area contributed by atoms with Crippen molar-refractivity contribution >= 4 is 17.9 Å². The van der Waals surface area contributed by atoms with E-state index < -0.39 is 6.10 Å². The van der Waals surface area contributed by atoms with Crippen molar-refractivity contribution in [2.24, 2.45) is 0 Å². The molecule has 6 heteroatoms. The summed E-state index contributed by atoms with van der Waals surface area (Å²) in [4.78, 5) is 37.9. The fourth-order valence-electron chi connectivity index (χ4n) is 8.69. The summed E-state index contributed by atoms with van der Waals surface area (Å²) in [6, 6.07) is 0. The molecule has 0 aliphatic carbocycles. The van der Waals surface area contributed by atoms with E-state index >= 15 is 0 Å². The number of unbranched alkanes of at least 4 members (excludes halogenated alkanes) is 29. The SMILES string of the molecule is CC/C=C\C/C=C\C/C=C\C/C=C\C/C=C\C/C=C\C/C=C\C/C=C\CCCCCCC(=O)OCC(COC(=O)CCCCCCC)OC(=O)CCCCCCCCCCCCCCCCCCCCCCCC. The minimum atomic E-state index is -0.784. The zero-order valence-corrected chi connectivity index (χ0v) is 48.6. The van der Waals surface area contributed by atoms with Crippen LogP contribution in [0.15, 0.2) is 97.2 Å². The van der Waals surface area contributed by atoms with Crippen LogP contribution in [0.3, 0.4) is 0 Å². The Balaban J connectivity index is 4.12. The molecule has 0 aliphatic rings. The van der Waals surface area contributed by atoms with Crippen LogP contribution >= 0.6 is 0 Å². The lowest BCUT2D eigenvalue weighted by Crippen LogP contribution is -2.30. The van der Waals surface area contributed by atoms with Crippen molar-refractivity contribution in [2.75, 3.05) is 13.2 Å². The van der Waals surface area contributed by atoms with Crippen molar-refractivity contribution in [3.8, 4) is 0 Å². The average Bonchev–Trinajstić information content (AvgIpc) is 3.40. The molecule has 1 unspecified atom stereocenters. The topological polar surface area (TPSA) is 78.9 Å². The summed E-state index contributed by atoms with van der Waals surface area (Å²) in [5.74, 6) is -0.916. The summed E-state index contributed by atoms with van der Waals surface area (Å²) in [6.07, 6.45) is 83.2. The molecule has 424 valence electrons. The first kappa shape index (κ1) is 70.3. The molecule has 0 aliphatic heterocycles. The van der Waals surface area contributed by atoms with Crippen molar-refractivity contribution in [1.29, 1.82) is 0 Å². The lowest BCUT2D eigenvalue weighted by molar-refractivity contribution is -0.167. The highest BCUT2D eigenvalue weighted by molar-refractivity contribution is 5.71. The van der Waals surface area contributed by atoms with Gasteiger partial charge in [0, 0.05) is 19.3 Å². The molecule has 6 nitrogen and oxygen atoms in total. The van der Waals surface area contributed by atoms with Gasteiger partial charge >= 0.3 is 17.9 Å². The van der Waals surface area contributed by atoms with Crippen LogP contribution in [0, 0.1) is 0 Å². The first-order valence-electron chi connectivity index (χ1n) is 31.2. The summed E-state index contributed by atoms with van der Waals surface area (Å²) in [6.45, 7) is 6.45. The molecule has 0 N–H and O–H groups in total. The summed E-state index contributed by atoms with van der Waals surface area (Å²) in [5.41, 5.74) is 0. The van der Waals surface area contributed by atoms with E-state index in [1.165, 1.54) is 128 Å². The Kier molecular flexibility index (Phi) is 58.8. The maximum Gasteiger partial charge on any atom is 0.306 e. The molecule has 0 heterocycles. The highest BCUT2D eigenvalue weighted by Gasteiger charge is 2.19. The predicted octanol–water partition coefficient (Wildman–Crippen LogP) is 21.3. The summed E-state index contributed by atoms with van der Waals surface area (Å²) >= 11 is 0. The van der Waals surface area contributed by atoms with Gasteiger partial charge in [-0.15, -0.1) is 0 Å². The van der Waals surface area contributed by atoms with Crippen molar-refractivity contribution in [2.45, 2.75) is 303 Å². The highest BCUT2D eigenvalue weighted by atomic mass is 16.6. The molecule has 0 saturated heterocycles. The number of allylic oxidation sites excluding steroid dienone is 16. The van der Waals surface area contributed by atoms with Crippen LogP contribution in [0.2, 0.25) is 0 Å². The molecular formula is C68H116O6. The normalized spacial score (nSPS) is 12.7. The smallest absolute Gasteiger partial charge is 0.306 e. The third-order valence-corrected chi connectivity index (χ3v) is 13.4. The van der Waals surface area contributed by atoms with E-state index in [0.717, 1.165) is 128 Å². The lowest BCUT2D eigenvalue weighted by Gasteiger charge is -2.18. The van der Waals surface area contributed by atoms with Gasteiger partial charge in [0.1, 0.15) is 13.2 Å². The number of ether oxygens (including phenoxy) is 3. The molecule has 0 saturated carbocycles. The molecule has 0 aromatic rings. The van der Waals surface area contributed by atoms with Gasteiger partial charge in [0.2, 0.25) is 0 Å². The number of carbonyl (C=O) groups is 3. The van der Waals surface area contributed by atoms with E-state index in [-0.39, 0.29) is 31.1 Å². The number of carbonyl (C=O) groups excluding carboxylic acids is 3. The minimum Gasteiger partial charge on any atom is -0.462 e. The third-order valence-electron chi connectivity index (χ3n) is 13.4. The van der Waals surface area contributed by atoms with Crippen molar-refractivity contribution in [3.63, 3.8) is 0 Å². The first-order valence-corrected chi connectivity index (χ1v) is 31.2. The van der Waals surface area contributed by atoms with Gasteiger partial charge in [-0.2, -0.15) is 0 Å². The van der Waals surface area contributed by atoms with Crippen LogP contribution in [0.4, 0.5) is 0 Å². The van der Waals surface area contributed by atoms with E-state index in [0.29, 0.717) is 19.3 Å². The molecule has 0 spiro atoms. The van der Waals surface area contributed by atoms with Crippen molar-refractivity contribution in [3.05, 3.63) is 97.2 Å². The number of hydrogen-bond donors (Lipinski definition) is 0. The van der Waals surface area contributed by atoms with Gasteiger partial charge < -0.3 is 14.2 Å². The maximum atomic E-state index is 12.8. The molecule has 74 heavy (non-hydrogen) atoms. The second-order valence-electron chi connectivity index (χ2n) is 20.6. The van der Waals surface area contributed by atoms with Gasteiger partial charge in [0.15, 0.2) is 6.10 Å². The van der Waals surface area contributed by atoms with Gasteiger partial charge in [-0.1, -0.05) is 291 Å². The van der Waals surface area contributed by atoms with E-state index in [4.69, 9.17) is 14.2 Å². The molecule has 0 aromatic carbocycles. The zero-order chi connectivity index (χ0) is 53.6. The first-order chi connectivity index (χ1) is 36.5. The van der Waals surface area contributed by atoms with E-state index in [2.05, 4.69) is 118 Å². The Labute approximate surface area is 457 Å². The fraction of sp³-hybridized carbons (Fsp3) is 0.721. The van der Waals surface area contributed by atoms with Gasteiger partial charge in [-0.25, -0.2) is 0 Å². The Morgan fingerprint density at radius 1 is 0.284 bits per heavy atom. The van der Waals surface area contributed by atoms with Crippen LogP contribution in [0.5, 0.6) is 0 Å². The largest absolute Gasteiger partial charge is 0.462 e. The van der Waals surface area contributed by atoms with Gasteiger partial charge in [0.25, 0.3) is 0 Å². The summed E-state index contributed by atoms with van der Waals surface area (Å²) in [5, 5.41) is 0. The maximum absolute atomic E-state index is 12.8. The second-order valence-corrected chi connectivity index (χ2v) is 20.6. The lowest BCUT2D eigenvalue weighted by atomic mass is 10.0. The minimum absolute atomic E-state index is 0.0844. The average molecular weight is 1030 g/mol. The standard InChI is InChI=1S/C68H116O6/c1-4-7-10-13-15-17-19-21-23-25-27-29-31-32-33-34-35-36-37-39-40-42-44-46-48-50-52-55-58-61-67(70)73-64-65(63-72-66(69)60-57-54-12-9-6-3)74-68(71)62-59-56-53-51-49-47-45-43-41-38-30-28-26-24-22-20-18-16-14-11-8-5-2/h7,10,15,17,21,23,27,29,32-33,35-36,39-40,44,46,65H,4-6,8-9,11-14,16,18-20,22,24-26,28,30-31,34,37-38,41-43,45,47-64H2,1-3H3/b10-7-,17-15-,23-21-,29-27-,33-32-,36-35-,40-39-,46-44-. The van der Waals surface area contributed by atoms with Crippen LogP contribution in [0.25, 0.3) is 0 Å². The Morgan fingerprint density at radius 2 is 0.527 bits per heavy atom. The van der Waals surface area contributed by atoms with Crippen LogP contribution in [0.1, 0.15) is 297 Å². The summed E-state index contributed by atoms with van der Waals surface area (Å²) in [7, 11) is 0. The van der Waals surface area contributed by atoms with Crippen LogP contribution in [-0.2, 0) is 28.6 Å². The van der Waals surface area contributed by atoms with Gasteiger partial charge in [-0.3, -0.25) is 14.4 Å². The Hall–Kier alpha value is -3.67. The molecule has 0 radical (unpaired) electrons. The molecular weight excluding hydrogens is 913 g/mol. The predicted molar refractivity (Wildman–Crippen MR) is 320 cm³/mol. The van der Waals surface area contributed by atoms with Gasteiger partial charge in [0.05, 0.1) is 0 Å². The monoisotopic (exact) mass is 1030 g/mol. The van der Waals surface area contributed by atoms with E-state index in [1.54, 1.807) is 0 Å². The van der Waals surface area contributed by atoms with E-state index in [9.17, 15) is 14.4 Å². The fourth-order valence-corrected chi connectivity index (χ4v) is 8.69. The molecule has 0 amide bonds. The second kappa shape index (κ2) is 61.9. The number of rotatable bonds is 56. The van der Waals surface area contributed by atoms with Crippen molar-refractivity contribution in [1.82, 2.24) is 0 Å².